The van der Waals surface area contributed by atoms with E-state index in [1.807, 2.05) is 0 Å². The Hall–Kier alpha value is -1.84. The lowest BCUT2D eigenvalue weighted by Crippen LogP contribution is -2.41. The number of hydrogen-bond acceptors (Lipinski definition) is 3. The van der Waals surface area contributed by atoms with Gasteiger partial charge in [0.05, 0.1) is 0 Å². The number of nitrogens with one attached hydrogen (secondary N) is 1. The van der Waals surface area contributed by atoms with Crippen molar-refractivity contribution in [3.05, 3.63) is 52.4 Å². The molecule has 0 aliphatic carbocycles. The normalized spacial score (nSPS) is 14.5. The van der Waals surface area contributed by atoms with Gasteiger partial charge in [0.2, 0.25) is 0 Å². The lowest BCUT2D eigenvalue weighted by molar-refractivity contribution is 0.201. The molecule has 0 amide bonds. The maximum Gasteiger partial charge on any atom is 0.0341 e. The smallest absolute Gasteiger partial charge is 0.0341 e. The summed E-state index contributed by atoms with van der Waals surface area (Å²) in [6.07, 6.45) is 2.14. The average Bonchev–Trinajstić information content (AvgIpc) is 2.65. The van der Waals surface area contributed by atoms with Crippen molar-refractivity contribution in [1.29, 1.82) is 0 Å². The van der Waals surface area contributed by atoms with E-state index in [2.05, 4.69) is 101 Å². The van der Waals surface area contributed by atoms with Crippen LogP contribution < -0.4 is 15.8 Å². The van der Waals surface area contributed by atoms with Gasteiger partial charge in [-0.3, -0.25) is 0 Å². The van der Waals surface area contributed by atoms with Gasteiger partial charge in [0, 0.05) is 32.8 Å². The number of nitrogens with zero attached hydrogens (tertiary/aromatic N) is 2. The topological polar surface area (TPSA) is 18.5 Å². The van der Waals surface area contributed by atoms with Gasteiger partial charge in [0.15, 0.2) is 0 Å². The van der Waals surface area contributed by atoms with Crippen molar-refractivity contribution in [2.45, 2.75) is 40.7 Å². The van der Waals surface area contributed by atoms with Crippen LogP contribution in [0.15, 0.2) is 36.4 Å². The van der Waals surface area contributed by atoms with Crippen LogP contribution in [0.1, 0.15) is 41.6 Å². The summed E-state index contributed by atoms with van der Waals surface area (Å²) in [4.78, 5) is 4.74. The molecule has 0 heterocycles. The van der Waals surface area contributed by atoms with Crippen LogP contribution in [0, 0.1) is 0 Å². The van der Waals surface area contributed by atoms with Crippen LogP contribution >= 0.6 is 0 Å². The van der Waals surface area contributed by atoms with Crippen LogP contribution in [0.3, 0.4) is 0 Å². The quantitative estimate of drug-likeness (QED) is 0.681. The highest BCUT2D eigenvalue weighted by molar-refractivity contribution is 5.66. The molecule has 0 saturated heterocycles. The molecule has 152 valence electrons. The Balaban J connectivity index is 0.00000729. The molecule has 0 spiro atoms. The Morgan fingerprint density at radius 2 is 1.96 bits per heavy atom. The van der Waals surface area contributed by atoms with Crippen LogP contribution in [0.25, 0.3) is 17.8 Å². The fourth-order valence-electron chi connectivity index (χ4n) is 2.92. The zero-order valence-electron chi connectivity index (χ0n) is 18.5. The van der Waals surface area contributed by atoms with Crippen molar-refractivity contribution in [2.75, 3.05) is 40.3 Å². The minimum Gasteiger partial charge on any atom is -0.384 e. The average molecular weight is 372 g/mol. The largest absolute Gasteiger partial charge is 0.384 e. The summed E-state index contributed by atoms with van der Waals surface area (Å²) in [6.45, 7) is 23.3. The van der Waals surface area contributed by atoms with Crippen LogP contribution in [-0.2, 0) is 0 Å². The first-order valence-electron chi connectivity index (χ1n) is 9.96. The van der Waals surface area contributed by atoms with Gasteiger partial charge >= 0.3 is 0 Å². The SMILES string of the molecule is C=C(NCCN(CC)CC(C)N(C)C)c1ccc(=C)/c(=C(C)\C(C)=C\C)c1.[HH]. The Labute approximate surface area is 168 Å². The van der Waals surface area contributed by atoms with Gasteiger partial charge in [0.1, 0.15) is 0 Å². The van der Waals surface area contributed by atoms with Gasteiger partial charge in [-0.05, 0) is 76.0 Å². The fourth-order valence-corrected chi connectivity index (χ4v) is 2.92. The second-order valence-electron chi connectivity index (χ2n) is 7.58. The van der Waals surface area contributed by atoms with Crippen LogP contribution in [0.5, 0.6) is 0 Å². The molecule has 27 heavy (non-hydrogen) atoms. The number of benzene rings is 1. The first-order valence-corrected chi connectivity index (χ1v) is 9.96. The molecule has 1 unspecified atom stereocenters. The third-order valence-electron chi connectivity index (χ3n) is 5.50. The monoisotopic (exact) mass is 371 g/mol. The molecule has 0 saturated carbocycles. The van der Waals surface area contributed by atoms with Gasteiger partial charge < -0.3 is 15.1 Å². The molecule has 1 rings (SSSR count). The first kappa shape index (κ1) is 23.2. The summed E-state index contributed by atoms with van der Waals surface area (Å²) in [5, 5.41) is 5.75. The van der Waals surface area contributed by atoms with Crippen LogP contribution in [-0.4, -0.2) is 56.1 Å². The van der Waals surface area contributed by atoms with Gasteiger partial charge in [-0.15, -0.1) is 0 Å². The van der Waals surface area contributed by atoms with E-state index in [9.17, 15) is 0 Å². The predicted octanol–water partition coefficient (Wildman–Crippen LogP) is 3.31. The minimum absolute atomic E-state index is 0. The summed E-state index contributed by atoms with van der Waals surface area (Å²) in [6, 6.07) is 6.94. The van der Waals surface area contributed by atoms with Crippen molar-refractivity contribution in [2.24, 2.45) is 0 Å². The zero-order chi connectivity index (χ0) is 20.6. The van der Waals surface area contributed by atoms with E-state index in [0.717, 1.165) is 42.7 Å². The summed E-state index contributed by atoms with van der Waals surface area (Å²) < 4.78 is 0. The maximum absolute atomic E-state index is 4.25. The van der Waals surface area contributed by atoms with E-state index in [-0.39, 0.29) is 1.43 Å². The van der Waals surface area contributed by atoms with Crippen molar-refractivity contribution in [3.8, 4) is 0 Å². The van der Waals surface area contributed by atoms with Gasteiger partial charge in [-0.25, -0.2) is 0 Å². The van der Waals surface area contributed by atoms with Crippen LogP contribution in [0.2, 0.25) is 0 Å². The molecule has 0 radical (unpaired) electrons. The molecule has 0 aliphatic heterocycles. The van der Waals surface area contributed by atoms with E-state index in [1.165, 1.54) is 16.4 Å². The van der Waals surface area contributed by atoms with Crippen LogP contribution in [0.4, 0.5) is 0 Å². The number of rotatable bonds is 10. The standard InChI is InChI=1S/C24H39N3.H2/c1-10-18(3)21(6)24-16-23(13-12-19(24)4)22(7)25-14-15-27(11-2)17-20(5)26(8)9;/h10,12-13,16,20,25H,4,7,11,14-15,17H2,1-3,5-6,8-9H3;1H/b18-10+,24-21-;. The molecular weight excluding hydrogens is 330 g/mol. The van der Waals surface area contributed by atoms with E-state index >= 15 is 0 Å². The van der Waals surface area contributed by atoms with Gasteiger partial charge in [-0.2, -0.15) is 0 Å². The predicted molar refractivity (Wildman–Crippen MR) is 124 cm³/mol. The van der Waals surface area contributed by atoms with E-state index in [1.54, 1.807) is 0 Å². The molecule has 0 fully saturated rings. The summed E-state index contributed by atoms with van der Waals surface area (Å²) >= 11 is 0. The zero-order valence-corrected chi connectivity index (χ0v) is 18.5. The highest BCUT2D eigenvalue weighted by atomic mass is 15.2. The molecular formula is C24H41N3. The van der Waals surface area contributed by atoms with E-state index in [4.69, 9.17) is 0 Å². The summed E-state index contributed by atoms with van der Waals surface area (Å²) in [5.74, 6) is 0. The minimum atomic E-state index is 0. The molecule has 1 N–H and O–H groups in total. The highest BCUT2D eigenvalue weighted by Crippen LogP contribution is 2.09. The lowest BCUT2D eigenvalue weighted by atomic mass is 10.0. The molecule has 1 aromatic carbocycles. The van der Waals surface area contributed by atoms with Crippen molar-refractivity contribution in [1.82, 2.24) is 15.1 Å². The first-order chi connectivity index (χ1) is 12.7. The Kier molecular flexibility index (Phi) is 9.54. The van der Waals surface area contributed by atoms with Gasteiger partial charge in [0.25, 0.3) is 0 Å². The molecule has 0 aliphatic rings. The lowest BCUT2D eigenvalue weighted by Gasteiger charge is -2.28. The molecule has 3 nitrogen and oxygen atoms in total. The third kappa shape index (κ3) is 7.00. The molecule has 1 aromatic rings. The molecule has 1 atom stereocenters. The second-order valence-corrected chi connectivity index (χ2v) is 7.58. The number of likely N-dealkylation sites (N-methyl/N-ethyl adjacent to an activating group) is 2. The highest BCUT2D eigenvalue weighted by Gasteiger charge is 2.10. The maximum atomic E-state index is 4.25. The Morgan fingerprint density at radius 3 is 2.52 bits per heavy atom. The van der Waals surface area contributed by atoms with Crippen molar-refractivity contribution < 1.29 is 1.43 Å². The van der Waals surface area contributed by atoms with Gasteiger partial charge in [-0.1, -0.05) is 43.9 Å². The van der Waals surface area contributed by atoms with E-state index in [0.29, 0.717) is 6.04 Å². The summed E-state index contributed by atoms with van der Waals surface area (Å²) in [7, 11) is 4.27. The van der Waals surface area contributed by atoms with Crippen molar-refractivity contribution >= 4 is 17.8 Å². The Morgan fingerprint density at radius 1 is 1.30 bits per heavy atom. The van der Waals surface area contributed by atoms with E-state index < -0.39 is 0 Å². The molecule has 0 aromatic heterocycles. The molecule has 0 bridgehead atoms. The summed E-state index contributed by atoms with van der Waals surface area (Å²) in [5.41, 5.74) is 4.65. The Bertz CT molecular complexity index is 765. The van der Waals surface area contributed by atoms with Crippen molar-refractivity contribution in [3.63, 3.8) is 0 Å². The fraction of sp³-hybridized carbons (Fsp3) is 0.500. The number of hydrogen-bond donors (Lipinski definition) is 1. The second kappa shape index (κ2) is 11.1. The third-order valence-corrected chi connectivity index (χ3v) is 5.50. The number of allylic oxidation sites excluding steroid dienone is 2. The molecule has 3 heteroatoms.